The fourth-order valence-corrected chi connectivity index (χ4v) is 16.4. The molecule has 148 heavy (non-hydrogen) atoms. The Labute approximate surface area is 866 Å². The summed E-state index contributed by atoms with van der Waals surface area (Å²) in [6, 6.07) is 5.49. The van der Waals surface area contributed by atoms with Crippen molar-refractivity contribution in [2.24, 2.45) is 0 Å². The number of aromatic nitrogens is 24. The third kappa shape index (κ3) is 27.5. The van der Waals surface area contributed by atoms with Gasteiger partial charge in [0, 0.05) is 282 Å². The number of methoxy groups -OCH3 is 1. The van der Waals surface area contributed by atoms with E-state index in [2.05, 4.69) is 128 Å². The number of esters is 5. The molecule has 4 aliphatic rings. The lowest BCUT2D eigenvalue weighted by molar-refractivity contribution is -0.129. The summed E-state index contributed by atoms with van der Waals surface area (Å²) in [6.45, 7) is 31.0. The number of carbonyl (C=O) groups excluding carboxylic acids is 6. The Morgan fingerprint density at radius 3 is 1.16 bits per heavy atom. The van der Waals surface area contributed by atoms with Gasteiger partial charge >= 0.3 is 29.8 Å². The van der Waals surface area contributed by atoms with Crippen LogP contribution in [0.15, 0.2) is 172 Å². The number of piperidine rings is 1. The van der Waals surface area contributed by atoms with E-state index in [0.717, 1.165) is 165 Å². The molecule has 1 aromatic carbocycles. The Balaban J connectivity index is 0.000000150. The lowest BCUT2D eigenvalue weighted by Crippen LogP contribution is -2.48. The lowest BCUT2D eigenvalue weighted by Gasteiger charge is -2.34. The molecule has 0 bridgehead atoms. The Hall–Kier alpha value is -16.2. The minimum absolute atomic E-state index is 0. The van der Waals surface area contributed by atoms with E-state index >= 15 is 0 Å². The van der Waals surface area contributed by atoms with E-state index in [-0.39, 0.29) is 53.9 Å². The topological polar surface area (TPSA) is 516 Å². The second-order valence-corrected chi connectivity index (χ2v) is 34.1. The van der Waals surface area contributed by atoms with Gasteiger partial charge in [-0.25, -0.2) is 104 Å². The maximum Gasteiger partial charge on any atom is 0.358 e. The summed E-state index contributed by atoms with van der Waals surface area (Å²) in [5, 5.41) is 12.4. The van der Waals surface area contributed by atoms with Crippen LogP contribution in [0.4, 0.5) is 46.5 Å². The van der Waals surface area contributed by atoms with Gasteiger partial charge < -0.3 is 120 Å². The third-order valence-electron chi connectivity index (χ3n) is 22.8. The van der Waals surface area contributed by atoms with Crippen molar-refractivity contribution in [3.63, 3.8) is 0 Å². The van der Waals surface area contributed by atoms with Crippen molar-refractivity contribution >= 4 is 163 Å². The van der Waals surface area contributed by atoms with Crippen LogP contribution in [-0.2, 0) is 44.0 Å². The smallest absolute Gasteiger partial charge is 0.358 e. The second kappa shape index (κ2) is 53.6. The molecule has 1 unspecified atom stereocenters. The molecular weight excluding hydrogens is 1970 g/mol. The van der Waals surface area contributed by atoms with Crippen LogP contribution in [0.1, 0.15) is 138 Å². The number of aryl methyl sites for hydroxylation is 2. The van der Waals surface area contributed by atoms with Gasteiger partial charge in [0.25, 0.3) is 0 Å². The monoisotopic (exact) mass is 2090 g/mol. The maximum absolute atomic E-state index is 11.8. The van der Waals surface area contributed by atoms with E-state index in [1.165, 1.54) is 19.3 Å². The van der Waals surface area contributed by atoms with Crippen LogP contribution in [0.25, 0.3) is 56.4 Å². The first-order chi connectivity index (χ1) is 70.9. The molecule has 51 heteroatoms. The first-order valence-corrected chi connectivity index (χ1v) is 49.4. The molecule has 4 aliphatic heterocycles. The number of nitrogens with one attached hydrogen (secondary N) is 4. The van der Waals surface area contributed by atoms with Crippen LogP contribution in [0.2, 0.25) is 0 Å². The molecule has 1 atom stereocenters. The number of imidazole rings is 8. The Morgan fingerprint density at radius 1 is 0.412 bits per heavy atom. The maximum atomic E-state index is 11.8. The number of fused-ring (bicyclic) bond motifs is 8. The highest BCUT2D eigenvalue weighted by Gasteiger charge is 2.27. The van der Waals surface area contributed by atoms with Gasteiger partial charge in [-0.05, 0) is 92.3 Å². The number of nitrogens with two attached hydrogens (primary N) is 1. The normalized spacial score (nSPS) is 13.4. The van der Waals surface area contributed by atoms with Crippen molar-refractivity contribution in [1.29, 1.82) is 0 Å². The van der Waals surface area contributed by atoms with Crippen LogP contribution in [0.5, 0.6) is 5.75 Å². The molecule has 0 saturated carbocycles. The van der Waals surface area contributed by atoms with Gasteiger partial charge in [0.15, 0.2) is 120 Å². The average Bonchev–Trinajstić information content (AvgIpc) is 1.64. The van der Waals surface area contributed by atoms with Gasteiger partial charge in [0.05, 0.1) is 70.4 Å². The van der Waals surface area contributed by atoms with Crippen molar-refractivity contribution in [3.8, 4) is 17.0 Å². The minimum atomic E-state index is -1.05. The van der Waals surface area contributed by atoms with E-state index < -0.39 is 34.7 Å². The minimum Gasteiger partial charge on any atom is -0.496 e. The highest BCUT2D eigenvalue weighted by atomic mass is 35.5. The summed E-state index contributed by atoms with van der Waals surface area (Å²) in [7, 11) is 4.10. The molecule has 4 fully saturated rings. The van der Waals surface area contributed by atoms with Crippen LogP contribution >= 0.6 is 24.8 Å². The predicted molar refractivity (Wildman–Crippen MR) is 563 cm³/mol. The number of hydrogen-bond acceptors (Lipinski definition) is 39. The summed E-state index contributed by atoms with van der Waals surface area (Å²) in [6.07, 6.45) is 48.4. The van der Waals surface area contributed by atoms with Gasteiger partial charge in [-0.1, -0.05) is 6.92 Å². The molecule has 784 valence electrons. The number of nitrogen functional groups attached to an aromatic ring is 1. The summed E-state index contributed by atoms with van der Waals surface area (Å²) in [5.74, 6) is 4.50. The molecule has 20 heterocycles. The predicted octanol–water partition coefficient (Wildman–Crippen LogP) is 9.98. The number of halogens is 2. The Kier molecular flexibility index (Phi) is 40.1. The molecule has 0 radical (unpaired) electrons. The van der Waals surface area contributed by atoms with Crippen molar-refractivity contribution < 1.29 is 66.1 Å². The van der Waals surface area contributed by atoms with Crippen molar-refractivity contribution in [2.75, 3.05) is 200 Å². The first kappa shape index (κ1) is 111. The van der Waals surface area contributed by atoms with E-state index in [0.29, 0.717) is 109 Å². The molecular formula is C97H122Cl2N34O14S. The number of rotatable bonds is 22. The zero-order chi connectivity index (χ0) is 103. The largest absolute Gasteiger partial charge is 0.496 e. The molecule has 21 rings (SSSR count). The number of ether oxygens (including phenoxy) is 7. The standard InChI is InChI=1S/C15H16N4O2S.C14H18N4O2.C13H17N5O.C13H16N4O3.C12H16N4O2.C11H15N5.C10H12N4O2.C9H10N4O2.2ClH/c1-16-14-15-18-12(9-19(15)7-6-17-14)11-5-4-10(22(3)20)8-13(11)21-2;1-2-20-14(19)11-10-18-9-6-15-12(13(18)16-11)17-7-4-3-5-8-17;1-10-9-18-4-3-14-12(13(18)15-10)17-7-5-16(6-8-17)11(2)19;1-2-20-13(18)10-9-17-4-3-14-11(12(17)15-10)16-5-7-19-8-6-16;1-3-5-13-10-11-15-9(12(17)18-4-2)8-16(11)7-6-14-10;1-9-8-16-7-4-13-10(11(16)14-9)15-5-2-12-3-6-15;1-3-16-10(15)7-6-14-5-4-12-8(11-2)9(14)13-7;1-2-15-9(14)6-5-13-4-3-11-7(10)8(13)12-6;;/h4-9H,1-3H3,(H,16,17);6,9-10H,2-5,7-8H2,1H3;3-4,9H,5-8H2,1-2H3;3-4,9H,2,5-8H2,1H3;6-8H,3-5H2,1-2H3,(H,13,14);4,7-8,12H,2-3,5-6H2,1H3;4-6H,3H2,1-2H3,(H,11,12);3-5H,2H2,1H3,(H2,10,11);2*1H. The van der Waals surface area contributed by atoms with Crippen LogP contribution in [-0.4, -0.2) is 319 Å². The number of hydrogen-bond donors (Lipinski definition) is 5. The Bertz CT molecular complexity index is 7260. The van der Waals surface area contributed by atoms with Gasteiger partial charge in [-0.2, -0.15) is 0 Å². The second-order valence-electron chi connectivity index (χ2n) is 32.7. The SMILES string of the molecule is CC(=O)N1CCN(c2nccn3cc(C)nc23)CC1.CCCNc1nccn2cc(C(=O)OCC)nc12.CCOC(=O)c1cn2ccnc(N)c2n1.CCOC(=O)c1cn2ccnc(N3CCCCC3)c2n1.CCOC(=O)c1cn2ccnc(N3CCOCC3)c2n1.CCOC(=O)c1cn2ccnc(NC)c2n1.CNc1nccn2cc(-c3ccc(S(C)=O)cc3OC)nc12.Cc1cn2ccnc(N3CCNCC3)c2n1.Cl.Cl. The molecule has 48 nitrogen and oxygen atoms in total. The number of carbonyl (C=O) groups is 6. The zero-order valence-corrected chi connectivity index (χ0v) is 87.0. The molecule has 0 spiro atoms. The molecule has 16 aromatic heterocycles. The highest BCUT2D eigenvalue weighted by Crippen LogP contribution is 2.33. The van der Waals surface area contributed by atoms with Crippen molar-refractivity contribution in [1.82, 2.24) is 125 Å². The number of nitrogens with zero attached hydrogens (tertiary/aromatic N) is 29. The van der Waals surface area contributed by atoms with Gasteiger partial charge in [0.2, 0.25) is 5.91 Å². The quantitative estimate of drug-likeness (QED) is 0.0311. The van der Waals surface area contributed by atoms with Gasteiger partial charge in [-0.15, -0.1) is 24.8 Å². The fraction of sp³-hybridized carbons (Fsp3) is 0.381. The Morgan fingerprint density at radius 2 is 0.757 bits per heavy atom. The zero-order valence-electron chi connectivity index (χ0n) is 84.5. The lowest BCUT2D eigenvalue weighted by atomic mass is 10.1. The van der Waals surface area contributed by atoms with E-state index in [4.69, 9.17) is 38.9 Å². The van der Waals surface area contributed by atoms with Crippen LogP contribution in [0, 0.1) is 13.8 Å². The average molecular weight is 2090 g/mol. The molecule has 4 saturated heterocycles. The number of benzene rings is 1. The number of anilines is 8. The third-order valence-corrected chi connectivity index (χ3v) is 23.7. The van der Waals surface area contributed by atoms with Crippen LogP contribution < -0.4 is 51.3 Å². The van der Waals surface area contributed by atoms with Crippen LogP contribution in [0.3, 0.4) is 0 Å². The van der Waals surface area contributed by atoms with E-state index in [9.17, 15) is 33.0 Å². The molecule has 0 aliphatic carbocycles. The number of piperazine rings is 2. The highest BCUT2D eigenvalue weighted by molar-refractivity contribution is 7.84. The summed E-state index contributed by atoms with van der Waals surface area (Å²) >= 11 is 0. The number of amides is 1. The first-order valence-electron chi connectivity index (χ1n) is 47.8. The van der Waals surface area contributed by atoms with Gasteiger partial charge in [-0.3, -0.25) is 9.00 Å². The summed E-state index contributed by atoms with van der Waals surface area (Å²) in [4.78, 5) is 150. The molecule has 17 aromatic rings. The fourth-order valence-electron chi connectivity index (χ4n) is 15.9. The van der Waals surface area contributed by atoms with E-state index in [1.54, 1.807) is 191 Å². The molecule has 1 amide bonds. The van der Waals surface area contributed by atoms with Gasteiger partial charge in [0.1, 0.15) is 5.75 Å². The summed E-state index contributed by atoms with van der Waals surface area (Å²) < 4.78 is 61.7. The number of morpholine rings is 1. The van der Waals surface area contributed by atoms with E-state index in [1.807, 2.05) is 98.9 Å². The van der Waals surface area contributed by atoms with Crippen molar-refractivity contribution in [3.05, 3.63) is 207 Å². The summed E-state index contributed by atoms with van der Waals surface area (Å²) in [5.41, 5.74) is 16.3. The van der Waals surface area contributed by atoms with Crippen molar-refractivity contribution in [2.45, 2.75) is 92.9 Å². The molecule has 6 N–H and O–H groups in total.